The third kappa shape index (κ3) is 2.59. The molecule has 6 heteroatoms. The number of rotatable bonds is 3. The molecule has 120 valence electrons. The molecule has 22 heavy (non-hydrogen) atoms. The first-order chi connectivity index (χ1) is 10.4. The summed E-state index contributed by atoms with van der Waals surface area (Å²) in [6.07, 6.45) is 0.769. The molecule has 0 aliphatic carbocycles. The van der Waals surface area contributed by atoms with Crippen molar-refractivity contribution >= 4 is 27.4 Å². The summed E-state index contributed by atoms with van der Waals surface area (Å²) in [5.74, 6) is 1.72. The number of anilines is 1. The minimum absolute atomic E-state index is 0.123. The van der Waals surface area contributed by atoms with Gasteiger partial charge in [0.2, 0.25) is 0 Å². The Morgan fingerprint density at radius 1 is 1.32 bits per heavy atom. The summed E-state index contributed by atoms with van der Waals surface area (Å²) < 4.78 is 0. The van der Waals surface area contributed by atoms with Crippen molar-refractivity contribution < 1.29 is 5.11 Å². The van der Waals surface area contributed by atoms with Gasteiger partial charge in [0, 0.05) is 11.4 Å². The number of hydrogen-bond acceptors (Lipinski definition) is 6. The van der Waals surface area contributed by atoms with Crippen LogP contribution in [0.2, 0.25) is 0 Å². The Morgan fingerprint density at radius 3 is 2.68 bits per heavy atom. The molecule has 3 atom stereocenters. The molecule has 2 aromatic heterocycles. The van der Waals surface area contributed by atoms with Gasteiger partial charge in [-0.25, -0.2) is 9.97 Å². The summed E-state index contributed by atoms with van der Waals surface area (Å²) in [5.41, 5.74) is 7.37. The van der Waals surface area contributed by atoms with E-state index in [0.717, 1.165) is 35.6 Å². The first-order valence-electron chi connectivity index (χ1n) is 7.83. The average molecular weight is 320 g/mol. The molecule has 0 saturated carbocycles. The Kier molecular flexibility index (Phi) is 4.09. The SMILES string of the molecule is Cc1sc2nc(C(C)N3CCC(C(C)O)C3)nc(N)c2c1C. The first-order valence-corrected chi connectivity index (χ1v) is 8.65. The van der Waals surface area contributed by atoms with Gasteiger partial charge in [-0.2, -0.15) is 0 Å². The van der Waals surface area contributed by atoms with Crippen molar-refractivity contribution in [1.29, 1.82) is 0 Å². The van der Waals surface area contributed by atoms with Gasteiger partial charge in [-0.1, -0.05) is 0 Å². The molecule has 1 aliphatic heterocycles. The summed E-state index contributed by atoms with van der Waals surface area (Å²) in [6, 6.07) is 0.123. The topological polar surface area (TPSA) is 75.3 Å². The van der Waals surface area contributed by atoms with E-state index < -0.39 is 0 Å². The van der Waals surface area contributed by atoms with E-state index in [1.165, 1.54) is 10.4 Å². The van der Waals surface area contributed by atoms with Crippen LogP contribution in [0.25, 0.3) is 10.2 Å². The van der Waals surface area contributed by atoms with E-state index in [4.69, 9.17) is 10.7 Å². The lowest BCUT2D eigenvalue weighted by Gasteiger charge is -2.23. The molecule has 0 spiro atoms. The number of hydrogen-bond donors (Lipinski definition) is 2. The van der Waals surface area contributed by atoms with Gasteiger partial charge in [0.05, 0.1) is 17.5 Å². The van der Waals surface area contributed by atoms with Gasteiger partial charge < -0.3 is 10.8 Å². The van der Waals surface area contributed by atoms with Crippen molar-refractivity contribution in [3.63, 3.8) is 0 Å². The maximum absolute atomic E-state index is 9.76. The van der Waals surface area contributed by atoms with E-state index in [9.17, 15) is 5.11 Å². The Bertz CT molecular complexity index is 697. The number of likely N-dealkylation sites (tertiary alicyclic amines) is 1. The molecule has 0 aromatic carbocycles. The largest absolute Gasteiger partial charge is 0.393 e. The predicted octanol–water partition coefficient (Wildman–Crippen LogP) is 2.65. The molecule has 0 amide bonds. The maximum Gasteiger partial charge on any atom is 0.149 e. The molecule has 3 rings (SSSR count). The van der Waals surface area contributed by atoms with E-state index in [-0.39, 0.29) is 12.1 Å². The standard InChI is InChI=1S/C16H24N4OS/c1-8-11(4)22-16-13(8)14(17)18-15(19-16)9(2)20-6-5-12(7-20)10(3)21/h9-10,12,21H,5-7H2,1-4H3,(H2,17,18,19). The minimum Gasteiger partial charge on any atom is -0.393 e. The van der Waals surface area contributed by atoms with E-state index in [2.05, 4.69) is 30.7 Å². The molecule has 3 unspecified atom stereocenters. The van der Waals surface area contributed by atoms with Crippen molar-refractivity contribution in [3.8, 4) is 0 Å². The van der Waals surface area contributed by atoms with Crippen LogP contribution in [0.3, 0.4) is 0 Å². The molecule has 1 aliphatic rings. The highest BCUT2D eigenvalue weighted by Gasteiger charge is 2.31. The second kappa shape index (κ2) is 5.76. The number of aromatic nitrogens is 2. The van der Waals surface area contributed by atoms with Crippen molar-refractivity contribution in [2.75, 3.05) is 18.8 Å². The number of fused-ring (bicyclic) bond motifs is 1. The molecule has 1 fully saturated rings. The lowest BCUT2D eigenvalue weighted by Crippen LogP contribution is -2.28. The second-order valence-corrected chi connectivity index (χ2v) is 7.59. The van der Waals surface area contributed by atoms with Crippen LogP contribution in [-0.4, -0.2) is 39.2 Å². The zero-order valence-electron chi connectivity index (χ0n) is 13.6. The molecular weight excluding hydrogens is 296 g/mol. The van der Waals surface area contributed by atoms with E-state index in [1.807, 2.05) is 6.92 Å². The zero-order chi connectivity index (χ0) is 16.0. The predicted molar refractivity (Wildman–Crippen MR) is 91.1 cm³/mol. The van der Waals surface area contributed by atoms with Gasteiger partial charge in [-0.05, 0) is 52.1 Å². The highest BCUT2D eigenvalue weighted by molar-refractivity contribution is 7.18. The number of aryl methyl sites for hydroxylation is 2. The molecule has 1 saturated heterocycles. The lowest BCUT2D eigenvalue weighted by molar-refractivity contribution is 0.122. The lowest BCUT2D eigenvalue weighted by atomic mass is 10.0. The van der Waals surface area contributed by atoms with E-state index in [0.29, 0.717) is 11.7 Å². The third-order valence-corrected chi connectivity index (χ3v) is 6.03. The van der Waals surface area contributed by atoms with Gasteiger partial charge in [0.25, 0.3) is 0 Å². The molecule has 5 nitrogen and oxygen atoms in total. The number of nitrogen functional groups attached to an aromatic ring is 1. The molecule has 0 radical (unpaired) electrons. The monoisotopic (exact) mass is 320 g/mol. The smallest absolute Gasteiger partial charge is 0.149 e. The molecule has 2 aromatic rings. The van der Waals surface area contributed by atoms with Crippen LogP contribution in [0, 0.1) is 19.8 Å². The molecular formula is C16H24N4OS. The number of nitrogens with two attached hydrogens (primary N) is 1. The van der Waals surface area contributed by atoms with E-state index in [1.54, 1.807) is 11.3 Å². The number of aliphatic hydroxyl groups is 1. The van der Waals surface area contributed by atoms with Gasteiger partial charge >= 0.3 is 0 Å². The Balaban J connectivity index is 1.90. The van der Waals surface area contributed by atoms with Crippen molar-refractivity contribution in [3.05, 3.63) is 16.3 Å². The minimum atomic E-state index is -0.256. The van der Waals surface area contributed by atoms with Gasteiger partial charge in [0.15, 0.2) is 0 Å². The van der Waals surface area contributed by atoms with Gasteiger partial charge in [0.1, 0.15) is 16.5 Å². The van der Waals surface area contributed by atoms with Crippen LogP contribution >= 0.6 is 11.3 Å². The van der Waals surface area contributed by atoms with Crippen molar-refractivity contribution in [2.24, 2.45) is 5.92 Å². The molecule has 3 N–H and O–H groups in total. The Morgan fingerprint density at radius 2 is 2.05 bits per heavy atom. The summed E-state index contributed by atoms with van der Waals surface area (Å²) in [6.45, 7) is 10.0. The summed E-state index contributed by atoms with van der Waals surface area (Å²) in [5, 5.41) is 10.8. The second-order valence-electron chi connectivity index (χ2n) is 6.39. The van der Waals surface area contributed by atoms with Crippen molar-refractivity contribution in [1.82, 2.24) is 14.9 Å². The maximum atomic E-state index is 9.76. The van der Waals surface area contributed by atoms with Crippen LogP contribution < -0.4 is 5.73 Å². The normalized spacial score (nSPS) is 22.3. The highest BCUT2D eigenvalue weighted by atomic mass is 32.1. The third-order valence-electron chi connectivity index (χ3n) is 4.93. The fourth-order valence-corrected chi connectivity index (χ4v) is 4.25. The quantitative estimate of drug-likeness (QED) is 0.909. The van der Waals surface area contributed by atoms with Crippen LogP contribution in [0.4, 0.5) is 5.82 Å². The Labute approximate surface area is 135 Å². The number of thiophene rings is 1. The Hall–Kier alpha value is -1.24. The number of nitrogens with zero attached hydrogens (tertiary/aromatic N) is 3. The summed E-state index contributed by atoms with van der Waals surface area (Å²) in [4.78, 5) is 13.9. The van der Waals surface area contributed by atoms with Crippen LogP contribution in [0.15, 0.2) is 0 Å². The fourth-order valence-electron chi connectivity index (χ4n) is 3.21. The first kappa shape index (κ1) is 15.6. The van der Waals surface area contributed by atoms with Gasteiger partial charge in [-0.3, -0.25) is 4.90 Å². The fraction of sp³-hybridized carbons (Fsp3) is 0.625. The average Bonchev–Trinajstić information content (AvgIpc) is 3.04. The zero-order valence-corrected chi connectivity index (χ0v) is 14.4. The summed E-state index contributed by atoms with van der Waals surface area (Å²) >= 11 is 1.68. The van der Waals surface area contributed by atoms with Crippen LogP contribution in [-0.2, 0) is 0 Å². The van der Waals surface area contributed by atoms with Crippen LogP contribution in [0.5, 0.6) is 0 Å². The highest BCUT2D eigenvalue weighted by Crippen LogP contribution is 2.34. The number of aliphatic hydroxyl groups excluding tert-OH is 1. The van der Waals surface area contributed by atoms with Gasteiger partial charge in [-0.15, -0.1) is 11.3 Å². The molecule has 0 bridgehead atoms. The van der Waals surface area contributed by atoms with Crippen molar-refractivity contribution in [2.45, 2.75) is 46.3 Å². The molecule has 3 heterocycles. The van der Waals surface area contributed by atoms with E-state index >= 15 is 0 Å². The van der Waals surface area contributed by atoms with Crippen LogP contribution in [0.1, 0.15) is 42.6 Å². The summed E-state index contributed by atoms with van der Waals surface area (Å²) in [7, 11) is 0.